The predicted octanol–water partition coefficient (Wildman–Crippen LogP) is 4.53. The SMILES string of the molecule is COC([C@@H](C)C(=O)N1C(=O)O[C@@H](c2ccccc2)[C@H]1C)[C@@H]1CC[C@H](C)N1C(=O)OC(C)(C)C. The first-order chi connectivity index (χ1) is 15.5. The molecule has 6 atom stereocenters. The number of amides is 3. The molecule has 1 unspecified atom stereocenters. The first-order valence-electron chi connectivity index (χ1n) is 11.6. The molecule has 2 aliphatic heterocycles. The van der Waals surface area contributed by atoms with Gasteiger partial charge in [0.15, 0.2) is 0 Å². The number of hydrogen-bond donors (Lipinski definition) is 0. The predicted molar refractivity (Wildman–Crippen MR) is 122 cm³/mol. The summed E-state index contributed by atoms with van der Waals surface area (Å²) in [5.41, 5.74) is 0.208. The molecule has 0 bridgehead atoms. The first-order valence-corrected chi connectivity index (χ1v) is 11.6. The average molecular weight is 461 g/mol. The van der Waals surface area contributed by atoms with E-state index in [-0.39, 0.29) is 18.0 Å². The van der Waals surface area contributed by atoms with Crippen molar-refractivity contribution in [1.29, 1.82) is 0 Å². The Morgan fingerprint density at radius 2 is 1.76 bits per heavy atom. The van der Waals surface area contributed by atoms with E-state index in [9.17, 15) is 14.4 Å². The normalized spacial score (nSPS) is 27.3. The van der Waals surface area contributed by atoms with E-state index in [2.05, 4.69) is 0 Å². The number of imide groups is 1. The van der Waals surface area contributed by atoms with E-state index >= 15 is 0 Å². The molecule has 0 N–H and O–H groups in total. The number of nitrogens with zero attached hydrogens (tertiary/aromatic N) is 2. The lowest BCUT2D eigenvalue weighted by Crippen LogP contribution is -2.53. The van der Waals surface area contributed by atoms with Crippen LogP contribution in [0.5, 0.6) is 0 Å². The minimum Gasteiger partial charge on any atom is -0.444 e. The average Bonchev–Trinajstić information content (AvgIpc) is 3.26. The molecule has 0 spiro atoms. The van der Waals surface area contributed by atoms with Gasteiger partial charge < -0.3 is 14.2 Å². The lowest BCUT2D eigenvalue weighted by atomic mass is 9.93. The molecule has 2 heterocycles. The van der Waals surface area contributed by atoms with Crippen LogP contribution in [0.1, 0.15) is 66.1 Å². The van der Waals surface area contributed by atoms with Crippen molar-refractivity contribution >= 4 is 18.1 Å². The zero-order valence-corrected chi connectivity index (χ0v) is 20.6. The Labute approximate surface area is 196 Å². The molecule has 33 heavy (non-hydrogen) atoms. The Hall–Kier alpha value is -2.61. The molecule has 2 saturated heterocycles. The van der Waals surface area contributed by atoms with Gasteiger partial charge in [0.1, 0.15) is 11.7 Å². The van der Waals surface area contributed by atoms with Crippen molar-refractivity contribution in [2.24, 2.45) is 5.92 Å². The third-order valence-electron chi connectivity index (χ3n) is 6.49. The van der Waals surface area contributed by atoms with Gasteiger partial charge in [-0.05, 0) is 53.0 Å². The van der Waals surface area contributed by atoms with Crippen molar-refractivity contribution < 1.29 is 28.6 Å². The second-order valence-corrected chi connectivity index (χ2v) is 10.0. The highest BCUT2D eigenvalue weighted by Crippen LogP contribution is 2.36. The molecule has 182 valence electrons. The van der Waals surface area contributed by atoms with Gasteiger partial charge in [-0.15, -0.1) is 0 Å². The molecule has 0 radical (unpaired) electrons. The third-order valence-corrected chi connectivity index (χ3v) is 6.49. The lowest BCUT2D eigenvalue weighted by molar-refractivity contribution is -0.139. The minimum atomic E-state index is -0.667. The van der Waals surface area contributed by atoms with Crippen LogP contribution < -0.4 is 0 Å². The first kappa shape index (κ1) is 25.0. The van der Waals surface area contributed by atoms with Crippen LogP contribution in [0.15, 0.2) is 30.3 Å². The largest absolute Gasteiger partial charge is 0.444 e. The maximum atomic E-state index is 13.5. The summed E-state index contributed by atoms with van der Waals surface area (Å²) < 4.78 is 16.9. The van der Waals surface area contributed by atoms with E-state index in [4.69, 9.17) is 14.2 Å². The van der Waals surface area contributed by atoms with E-state index in [0.29, 0.717) is 6.42 Å². The van der Waals surface area contributed by atoms with E-state index in [1.54, 1.807) is 18.7 Å². The highest BCUT2D eigenvalue weighted by atomic mass is 16.6. The number of rotatable bonds is 5. The monoisotopic (exact) mass is 460 g/mol. The minimum absolute atomic E-state index is 0.0389. The van der Waals surface area contributed by atoms with Crippen LogP contribution in [0.2, 0.25) is 0 Å². The molecule has 3 rings (SSSR count). The highest BCUT2D eigenvalue weighted by molar-refractivity contribution is 5.95. The fourth-order valence-corrected chi connectivity index (χ4v) is 4.87. The van der Waals surface area contributed by atoms with Crippen LogP contribution >= 0.6 is 0 Å². The molecule has 3 amide bonds. The Kier molecular flexibility index (Phi) is 7.36. The molecular weight excluding hydrogens is 424 g/mol. The van der Waals surface area contributed by atoms with E-state index in [1.807, 2.05) is 58.0 Å². The highest BCUT2D eigenvalue weighted by Gasteiger charge is 2.49. The van der Waals surface area contributed by atoms with Gasteiger partial charge in [-0.3, -0.25) is 9.69 Å². The summed E-state index contributed by atoms with van der Waals surface area (Å²) in [4.78, 5) is 42.0. The Balaban J connectivity index is 1.79. The number of likely N-dealkylation sites (tertiary alicyclic amines) is 1. The maximum absolute atomic E-state index is 13.5. The van der Waals surface area contributed by atoms with Crippen LogP contribution in [0.3, 0.4) is 0 Å². The molecule has 1 aromatic carbocycles. The van der Waals surface area contributed by atoms with Crippen molar-refractivity contribution in [1.82, 2.24) is 9.80 Å². The lowest BCUT2D eigenvalue weighted by Gasteiger charge is -2.37. The number of hydrogen-bond acceptors (Lipinski definition) is 6. The van der Waals surface area contributed by atoms with Crippen molar-refractivity contribution in [3.8, 4) is 0 Å². The van der Waals surface area contributed by atoms with Crippen LogP contribution in [0.25, 0.3) is 0 Å². The number of ether oxygens (including phenoxy) is 3. The number of methoxy groups -OCH3 is 1. The van der Waals surface area contributed by atoms with Crippen LogP contribution in [0, 0.1) is 5.92 Å². The molecular formula is C25H36N2O6. The van der Waals surface area contributed by atoms with Crippen molar-refractivity contribution in [3.05, 3.63) is 35.9 Å². The summed E-state index contributed by atoms with van der Waals surface area (Å²) in [5, 5.41) is 0. The molecule has 0 aliphatic carbocycles. The maximum Gasteiger partial charge on any atom is 0.417 e. The fourth-order valence-electron chi connectivity index (χ4n) is 4.87. The second kappa shape index (κ2) is 9.71. The second-order valence-electron chi connectivity index (χ2n) is 10.0. The van der Waals surface area contributed by atoms with Crippen LogP contribution in [0.4, 0.5) is 9.59 Å². The smallest absolute Gasteiger partial charge is 0.417 e. The zero-order chi connectivity index (χ0) is 24.5. The molecule has 0 saturated carbocycles. The fraction of sp³-hybridized carbons (Fsp3) is 0.640. The molecule has 2 fully saturated rings. The Morgan fingerprint density at radius 1 is 1.12 bits per heavy atom. The summed E-state index contributed by atoms with van der Waals surface area (Å²) in [6, 6.07) is 8.55. The van der Waals surface area contributed by atoms with Gasteiger partial charge in [-0.2, -0.15) is 0 Å². The van der Waals surface area contributed by atoms with Gasteiger partial charge >= 0.3 is 12.2 Å². The van der Waals surface area contributed by atoms with Gasteiger partial charge in [-0.25, -0.2) is 14.5 Å². The number of cyclic esters (lactones) is 1. The van der Waals surface area contributed by atoms with Gasteiger partial charge in [-0.1, -0.05) is 37.3 Å². The van der Waals surface area contributed by atoms with Crippen LogP contribution in [-0.2, 0) is 19.0 Å². The summed E-state index contributed by atoms with van der Waals surface area (Å²) in [6.07, 6.45) is -0.734. The molecule has 8 heteroatoms. The van der Waals surface area contributed by atoms with Gasteiger partial charge in [0.2, 0.25) is 5.91 Å². The van der Waals surface area contributed by atoms with E-state index < -0.39 is 42.0 Å². The Morgan fingerprint density at radius 3 is 2.33 bits per heavy atom. The summed E-state index contributed by atoms with van der Waals surface area (Å²) in [7, 11) is 1.53. The van der Waals surface area contributed by atoms with Crippen molar-refractivity contribution in [2.45, 2.75) is 90.3 Å². The number of carbonyl (C=O) groups excluding carboxylic acids is 3. The molecule has 8 nitrogen and oxygen atoms in total. The molecule has 2 aliphatic rings. The van der Waals surface area contributed by atoms with Crippen molar-refractivity contribution in [3.63, 3.8) is 0 Å². The molecule has 0 aromatic heterocycles. The number of carbonyl (C=O) groups is 3. The summed E-state index contributed by atoms with van der Waals surface area (Å²) in [5.74, 6) is -1.04. The number of benzene rings is 1. The summed E-state index contributed by atoms with van der Waals surface area (Å²) >= 11 is 0. The van der Waals surface area contributed by atoms with Gasteiger partial charge in [0.25, 0.3) is 0 Å². The topological polar surface area (TPSA) is 85.4 Å². The van der Waals surface area contributed by atoms with Crippen LogP contribution in [-0.4, -0.2) is 64.8 Å². The molecule has 1 aromatic rings. The van der Waals surface area contributed by atoms with E-state index in [0.717, 1.165) is 12.0 Å². The van der Waals surface area contributed by atoms with Gasteiger partial charge in [0.05, 0.1) is 24.1 Å². The quantitative estimate of drug-likeness (QED) is 0.642. The summed E-state index contributed by atoms with van der Waals surface area (Å²) in [6.45, 7) is 11.0. The zero-order valence-electron chi connectivity index (χ0n) is 20.6. The third kappa shape index (κ3) is 5.16. The standard InChI is InChI=1S/C25H36N2O6/c1-15-13-14-19(26(15)24(30)33-25(4,5)6)20(31-7)16(2)22(28)27-17(3)21(32-23(27)29)18-11-9-8-10-12-18/h8-12,15-17,19-21H,13-14H2,1-7H3/t15-,16+,17+,19-,20?,21+/m0/s1. The van der Waals surface area contributed by atoms with Crippen molar-refractivity contribution in [2.75, 3.05) is 7.11 Å². The Bertz CT molecular complexity index is 867. The van der Waals surface area contributed by atoms with E-state index in [1.165, 1.54) is 12.0 Å². The van der Waals surface area contributed by atoms with Gasteiger partial charge in [0, 0.05) is 13.2 Å².